The molecule has 1 saturated carbocycles. The summed E-state index contributed by atoms with van der Waals surface area (Å²) in [5, 5.41) is 7.22. The first-order valence-electron chi connectivity index (χ1n) is 14.3. The number of aromatic nitrogens is 1. The van der Waals surface area contributed by atoms with Crippen LogP contribution in [0.1, 0.15) is 36.8 Å². The zero-order valence-electron chi connectivity index (χ0n) is 24.1. The minimum Gasteiger partial charge on any atom is -0.495 e. The second-order valence-electron chi connectivity index (χ2n) is 11.5. The lowest BCUT2D eigenvalue weighted by Crippen LogP contribution is -2.56. The van der Waals surface area contributed by atoms with Crippen LogP contribution in [0.3, 0.4) is 0 Å². The van der Waals surface area contributed by atoms with Crippen LogP contribution in [0.15, 0.2) is 48.7 Å². The predicted molar refractivity (Wildman–Crippen MR) is 159 cm³/mol. The molecule has 214 valence electrons. The molecule has 2 unspecified atom stereocenters. The number of anilines is 1. The van der Waals surface area contributed by atoms with Crippen LogP contribution in [0, 0.1) is 5.92 Å². The number of piperazine rings is 1. The standard InChI is InChI=1S/C31H42N6O3/c1-21(25-18-32-26-8-6-5-7-24(25)26)29(34-31(39)37-15-13-36(14-16-37)20-22-9-10-22)30(38)33-27-17-23(19-35(2)3)11-12-28(27)40-4/h5-8,11-12,17-18,21-22,29,32H,9-10,13-16,19-20H2,1-4H3,(H,33,38)(H,34,39). The molecule has 2 aliphatic rings. The van der Waals surface area contributed by atoms with E-state index >= 15 is 0 Å². The Bertz CT molecular complexity index is 1330. The van der Waals surface area contributed by atoms with Crippen molar-refractivity contribution in [2.75, 3.05) is 59.2 Å². The molecular weight excluding hydrogens is 504 g/mol. The summed E-state index contributed by atoms with van der Waals surface area (Å²) in [5.74, 6) is 0.845. The Labute approximate surface area is 236 Å². The molecule has 40 heavy (non-hydrogen) atoms. The number of H-pyrrole nitrogens is 1. The Balaban J connectivity index is 1.36. The summed E-state index contributed by atoms with van der Waals surface area (Å²) in [5.41, 5.74) is 3.62. The highest BCUT2D eigenvalue weighted by Gasteiger charge is 2.33. The maximum Gasteiger partial charge on any atom is 0.318 e. The normalized spacial score (nSPS) is 17.6. The van der Waals surface area contributed by atoms with Crippen molar-refractivity contribution in [3.05, 3.63) is 59.8 Å². The fraction of sp³-hybridized carbons (Fsp3) is 0.484. The molecule has 9 nitrogen and oxygen atoms in total. The minimum absolute atomic E-state index is 0.203. The van der Waals surface area contributed by atoms with Gasteiger partial charge in [0.25, 0.3) is 0 Å². The van der Waals surface area contributed by atoms with Crippen molar-refractivity contribution in [3.63, 3.8) is 0 Å². The topological polar surface area (TPSA) is 92.9 Å². The number of nitrogens with one attached hydrogen (secondary N) is 3. The maximum atomic E-state index is 14.0. The van der Waals surface area contributed by atoms with Gasteiger partial charge in [-0.1, -0.05) is 31.2 Å². The Hall–Kier alpha value is -3.56. The number of carbonyl (C=O) groups excluding carboxylic acids is 2. The summed E-state index contributed by atoms with van der Waals surface area (Å²) in [4.78, 5) is 37.1. The second-order valence-corrected chi connectivity index (χ2v) is 11.5. The van der Waals surface area contributed by atoms with Gasteiger partial charge in [-0.15, -0.1) is 0 Å². The van der Waals surface area contributed by atoms with Crippen molar-refractivity contribution in [2.24, 2.45) is 5.92 Å². The van der Waals surface area contributed by atoms with E-state index in [2.05, 4.69) is 25.4 Å². The number of benzene rings is 2. The van der Waals surface area contributed by atoms with Crippen molar-refractivity contribution >= 4 is 28.5 Å². The molecule has 1 aromatic heterocycles. The molecule has 3 N–H and O–H groups in total. The number of nitrogens with zero attached hydrogens (tertiary/aromatic N) is 3. The first-order chi connectivity index (χ1) is 19.3. The van der Waals surface area contributed by atoms with Gasteiger partial charge in [0.2, 0.25) is 5.91 Å². The molecule has 1 aliphatic heterocycles. The first-order valence-corrected chi connectivity index (χ1v) is 14.3. The number of carbonyl (C=O) groups is 2. The van der Waals surface area contributed by atoms with Crippen LogP contribution in [0.25, 0.3) is 10.9 Å². The van der Waals surface area contributed by atoms with E-state index in [4.69, 9.17) is 4.74 Å². The van der Waals surface area contributed by atoms with Crippen molar-refractivity contribution in [2.45, 2.75) is 38.3 Å². The van der Waals surface area contributed by atoms with Gasteiger partial charge >= 0.3 is 6.03 Å². The van der Waals surface area contributed by atoms with Crippen LogP contribution in [-0.2, 0) is 11.3 Å². The number of urea groups is 1. The molecule has 2 atom stereocenters. The van der Waals surface area contributed by atoms with Gasteiger partial charge in [0, 0.05) is 62.3 Å². The van der Waals surface area contributed by atoms with E-state index in [0.29, 0.717) is 24.5 Å². The molecule has 0 bridgehead atoms. The van der Waals surface area contributed by atoms with Gasteiger partial charge in [0.05, 0.1) is 12.8 Å². The third kappa shape index (κ3) is 6.59. The van der Waals surface area contributed by atoms with Crippen LogP contribution >= 0.6 is 0 Å². The smallest absolute Gasteiger partial charge is 0.318 e. The number of rotatable bonds is 10. The van der Waals surface area contributed by atoms with E-state index in [-0.39, 0.29) is 17.9 Å². The van der Waals surface area contributed by atoms with Gasteiger partial charge in [-0.2, -0.15) is 0 Å². The predicted octanol–water partition coefficient (Wildman–Crippen LogP) is 4.09. The number of para-hydroxylation sites is 1. The quantitative estimate of drug-likeness (QED) is 0.356. The molecule has 3 amide bonds. The average molecular weight is 547 g/mol. The molecule has 0 spiro atoms. The van der Waals surface area contributed by atoms with E-state index in [1.54, 1.807) is 7.11 Å². The third-order valence-corrected chi connectivity index (χ3v) is 8.07. The van der Waals surface area contributed by atoms with Gasteiger partial charge in [0.15, 0.2) is 0 Å². The van der Waals surface area contributed by atoms with Gasteiger partial charge in [-0.25, -0.2) is 4.79 Å². The zero-order chi connectivity index (χ0) is 28.2. The van der Waals surface area contributed by atoms with Crippen LogP contribution in [0.4, 0.5) is 10.5 Å². The largest absolute Gasteiger partial charge is 0.495 e. The van der Waals surface area contributed by atoms with Crippen LogP contribution in [0.5, 0.6) is 5.75 Å². The van der Waals surface area contributed by atoms with Crippen LogP contribution < -0.4 is 15.4 Å². The highest BCUT2D eigenvalue weighted by molar-refractivity contribution is 5.99. The lowest BCUT2D eigenvalue weighted by molar-refractivity contribution is -0.118. The van der Waals surface area contributed by atoms with E-state index in [1.807, 2.05) is 74.6 Å². The number of amides is 3. The van der Waals surface area contributed by atoms with Crippen molar-refractivity contribution in [3.8, 4) is 5.75 Å². The highest BCUT2D eigenvalue weighted by Crippen LogP contribution is 2.31. The number of ether oxygens (including phenoxy) is 1. The Morgan fingerprint density at radius 3 is 2.55 bits per heavy atom. The second kappa shape index (κ2) is 12.3. The zero-order valence-corrected chi connectivity index (χ0v) is 24.1. The maximum absolute atomic E-state index is 14.0. The number of fused-ring (bicyclic) bond motifs is 1. The van der Waals surface area contributed by atoms with Gasteiger partial charge in [-0.05, 0) is 62.2 Å². The third-order valence-electron chi connectivity index (χ3n) is 8.07. The molecule has 1 aliphatic carbocycles. The molecule has 0 radical (unpaired) electrons. The Morgan fingerprint density at radius 1 is 1.10 bits per heavy atom. The van der Waals surface area contributed by atoms with E-state index < -0.39 is 6.04 Å². The average Bonchev–Trinajstić information content (AvgIpc) is 3.66. The van der Waals surface area contributed by atoms with E-state index in [1.165, 1.54) is 12.8 Å². The SMILES string of the molecule is COc1ccc(CN(C)C)cc1NC(=O)C(NC(=O)N1CCN(CC2CC2)CC1)C(C)c1c[nH]c2ccccc12. The summed E-state index contributed by atoms with van der Waals surface area (Å²) < 4.78 is 5.56. The number of hydrogen-bond donors (Lipinski definition) is 3. The summed E-state index contributed by atoms with van der Waals surface area (Å²) >= 11 is 0. The lowest BCUT2D eigenvalue weighted by Gasteiger charge is -2.36. The van der Waals surface area contributed by atoms with Crippen LogP contribution in [0.2, 0.25) is 0 Å². The fourth-order valence-corrected chi connectivity index (χ4v) is 5.62. The van der Waals surface area contributed by atoms with Gasteiger partial charge in [0.1, 0.15) is 11.8 Å². The monoisotopic (exact) mass is 546 g/mol. The summed E-state index contributed by atoms with van der Waals surface area (Å²) in [6.45, 7) is 6.92. The van der Waals surface area contributed by atoms with Crippen LogP contribution in [-0.4, -0.2) is 91.6 Å². The highest BCUT2D eigenvalue weighted by atomic mass is 16.5. The van der Waals surface area contributed by atoms with Crippen molar-refractivity contribution in [1.82, 2.24) is 25.0 Å². The summed E-state index contributed by atoms with van der Waals surface area (Å²) in [7, 11) is 5.60. The molecular formula is C31H42N6O3. The van der Waals surface area contributed by atoms with Crippen molar-refractivity contribution in [1.29, 1.82) is 0 Å². The Kier molecular flexibility index (Phi) is 8.61. The van der Waals surface area contributed by atoms with Gasteiger partial charge < -0.3 is 30.2 Å². The van der Waals surface area contributed by atoms with Gasteiger partial charge in [-0.3, -0.25) is 9.69 Å². The molecule has 1 saturated heterocycles. The van der Waals surface area contributed by atoms with E-state index in [9.17, 15) is 9.59 Å². The number of aromatic amines is 1. The Morgan fingerprint density at radius 2 is 1.85 bits per heavy atom. The summed E-state index contributed by atoms with van der Waals surface area (Å²) in [6.07, 6.45) is 4.59. The molecule has 9 heteroatoms. The first kappa shape index (κ1) is 28.0. The number of hydrogen-bond acceptors (Lipinski definition) is 5. The molecule has 2 aromatic carbocycles. The van der Waals surface area contributed by atoms with E-state index in [0.717, 1.165) is 54.1 Å². The molecule has 3 aromatic rings. The molecule has 5 rings (SSSR count). The summed E-state index contributed by atoms with van der Waals surface area (Å²) in [6, 6.07) is 12.8. The number of methoxy groups -OCH3 is 1. The lowest BCUT2D eigenvalue weighted by atomic mass is 9.92. The van der Waals surface area contributed by atoms with Crippen molar-refractivity contribution < 1.29 is 14.3 Å². The molecule has 2 fully saturated rings. The fourth-order valence-electron chi connectivity index (χ4n) is 5.62. The molecule has 2 heterocycles. The minimum atomic E-state index is -0.793.